The van der Waals surface area contributed by atoms with Crippen LogP contribution in [0.25, 0.3) is 0 Å². The van der Waals surface area contributed by atoms with Gasteiger partial charge in [0.1, 0.15) is 0 Å². The van der Waals surface area contributed by atoms with Crippen LogP contribution in [-0.4, -0.2) is 69.0 Å². The second-order valence-electron chi connectivity index (χ2n) is 7.31. The van der Waals surface area contributed by atoms with E-state index in [9.17, 15) is 0 Å². The van der Waals surface area contributed by atoms with E-state index in [0.717, 1.165) is 43.1 Å². The van der Waals surface area contributed by atoms with Gasteiger partial charge in [-0.1, -0.05) is 11.6 Å². The van der Waals surface area contributed by atoms with E-state index < -0.39 is 0 Å². The van der Waals surface area contributed by atoms with Crippen LogP contribution in [0.2, 0.25) is 4.34 Å². The van der Waals surface area contributed by atoms with E-state index in [2.05, 4.69) is 15.9 Å². The van der Waals surface area contributed by atoms with E-state index >= 15 is 0 Å². The van der Waals surface area contributed by atoms with Gasteiger partial charge in [-0.2, -0.15) is 0 Å². The van der Waals surface area contributed by atoms with E-state index in [0.29, 0.717) is 6.10 Å². The van der Waals surface area contributed by atoms with Crippen LogP contribution in [0.1, 0.15) is 30.6 Å². The van der Waals surface area contributed by atoms with Crippen LogP contribution in [0.4, 0.5) is 0 Å². The highest BCUT2D eigenvalue weighted by molar-refractivity contribution is 7.16. The second-order valence-corrected chi connectivity index (χ2v) is 9.11. The van der Waals surface area contributed by atoms with Crippen LogP contribution in [0.3, 0.4) is 0 Å². The van der Waals surface area contributed by atoms with Crippen molar-refractivity contribution in [3.05, 3.63) is 21.3 Å². The quantitative estimate of drug-likeness (QED) is 0.645. The van der Waals surface area contributed by atoms with Crippen molar-refractivity contribution in [3.63, 3.8) is 0 Å². The molecule has 0 bridgehead atoms. The molecule has 25 heavy (non-hydrogen) atoms. The van der Waals surface area contributed by atoms with Crippen LogP contribution in [0.15, 0.2) is 12.1 Å². The Morgan fingerprint density at radius 1 is 1.28 bits per heavy atom. The Morgan fingerprint density at radius 3 is 2.76 bits per heavy atom. The molecule has 1 unspecified atom stereocenters. The highest BCUT2D eigenvalue weighted by atomic mass is 35.5. The molecule has 0 N–H and O–H groups in total. The van der Waals surface area contributed by atoms with Gasteiger partial charge < -0.3 is 14.4 Å². The van der Waals surface area contributed by atoms with Crippen molar-refractivity contribution in [2.24, 2.45) is 5.92 Å². The van der Waals surface area contributed by atoms with Crippen molar-refractivity contribution >= 4 is 22.9 Å². The maximum absolute atomic E-state index is 6.12. The largest absolute Gasteiger partial charge is 0.383 e. The molecule has 3 rings (SSSR count). The summed E-state index contributed by atoms with van der Waals surface area (Å²) in [4.78, 5) is 6.50. The summed E-state index contributed by atoms with van der Waals surface area (Å²) in [5.74, 6) is 0.788. The molecule has 0 aliphatic carbocycles. The van der Waals surface area contributed by atoms with Crippen LogP contribution >= 0.6 is 22.9 Å². The molecule has 0 saturated carbocycles. The molecule has 142 valence electrons. The molecule has 1 aromatic heterocycles. The molecular formula is C19H31ClN2O2S. The number of hydrogen-bond donors (Lipinski definition) is 0. The maximum Gasteiger partial charge on any atom is 0.0931 e. The SMILES string of the molecule is COCCN1CCC(CN(Cc2ccc(Cl)s2)CC2CCCO2)CC1. The number of methoxy groups -OCH3 is 1. The third-order valence-corrected chi connectivity index (χ3v) is 6.55. The Bertz CT molecular complexity index is 499. The predicted molar refractivity (Wildman–Crippen MR) is 105 cm³/mol. The van der Waals surface area contributed by atoms with Gasteiger partial charge in [0, 0.05) is 44.8 Å². The number of thiophene rings is 1. The van der Waals surface area contributed by atoms with E-state index in [-0.39, 0.29) is 0 Å². The molecular weight excluding hydrogens is 356 g/mol. The maximum atomic E-state index is 6.12. The fourth-order valence-electron chi connectivity index (χ4n) is 3.92. The Labute approximate surface area is 161 Å². The third-order valence-electron chi connectivity index (χ3n) is 5.33. The van der Waals surface area contributed by atoms with E-state index in [1.54, 1.807) is 18.4 Å². The van der Waals surface area contributed by atoms with Gasteiger partial charge in [-0.15, -0.1) is 11.3 Å². The van der Waals surface area contributed by atoms with Gasteiger partial charge in [-0.3, -0.25) is 4.90 Å². The van der Waals surface area contributed by atoms with Crippen LogP contribution in [0.5, 0.6) is 0 Å². The molecule has 2 saturated heterocycles. The number of rotatable bonds is 9. The molecule has 0 amide bonds. The summed E-state index contributed by atoms with van der Waals surface area (Å²) < 4.78 is 12.0. The standard InChI is InChI=1S/C19H31ClN2O2S/c1-23-12-10-21-8-6-16(7-9-21)13-22(14-17-3-2-11-24-17)15-18-4-5-19(20)25-18/h4-5,16-17H,2-3,6-15H2,1H3. The summed E-state index contributed by atoms with van der Waals surface area (Å²) in [5, 5.41) is 0. The molecule has 0 aromatic carbocycles. The number of piperidine rings is 1. The Morgan fingerprint density at radius 2 is 2.12 bits per heavy atom. The van der Waals surface area contributed by atoms with Crippen molar-refractivity contribution in [1.29, 1.82) is 0 Å². The van der Waals surface area contributed by atoms with Gasteiger partial charge in [-0.25, -0.2) is 0 Å². The van der Waals surface area contributed by atoms with Gasteiger partial charge >= 0.3 is 0 Å². The Kier molecular flexibility index (Phi) is 8.02. The lowest BCUT2D eigenvalue weighted by Gasteiger charge is -2.35. The van der Waals surface area contributed by atoms with E-state index in [1.165, 1.54) is 50.2 Å². The number of nitrogens with zero attached hydrogens (tertiary/aromatic N) is 2. The number of likely N-dealkylation sites (tertiary alicyclic amines) is 1. The van der Waals surface area contributed by atoms with Gasteiger partial charge in [0.2, 0.25) is 0 Å². The summed E-state index contributed by atoms with van der Waals surface area (Å²) in [6.45, 7) is 8.47. The first-order chi connectivity index (χ1) is 12.2. The molecule has 1 aromatic rings. The zero-order valence-electron chi connectivity index (χ0n) is 15.3. The Hall–Kier alpha value is -0.170. The first-order valence-corrected chi connectivity index (χ1v) is 10.7. The second kappa shape index (κ2) is 10.2. The van der Waals surface area contributed by atoms with Crippen molar-refractivity contribution in [2.45, 2.75) is 38.3 Å². The fraction of sp³-hybridized carbons (Fsp3) is 0.789. The molecule has 0 radical (unpaired) electrons. The topological polar surface area (TPSA) is 24.9 Å². The lowest BCUT2D eigenvalue weighted by molar-refractivity contribution is 0.0555. The van der Waals surface area contributed by atoms with Gasteiger partial charge in [0.05, 0.1) is 17.0 Å². The molecule has 0 spiro atoms. The molecule has 2 fully saturated rings. The molecule has 6 heteroatoms. The zero-order valence-corrected chi connectivity index (χ0v) is 16.9. The average Bonchev–Trinajstić information content (AvgIpc) is 3.26. The molecule has 3 heterocycles. The summed E-state index contributed by atoms with van der Waals surface area (Å²) in [6, 6.07) is 4.18. The Balaban J connectivity index is 1.50. The van der Waals surface area contributed by atoms with Crippen molar-refractivity contribution in [3.8, 4) is 0 Å². The van der Waals surface area contributed by atoms with Gasteiger partial charge in [0.25, 0.3) is 0 Å². The van der Waals surface area contributed by atoms with E-state index in [1.807, 2.05) is 6.07 Å². The lowest BCUT2D eigenvalue weighted by Crippen LogP contribution is -2.41. The van der Waals surface area contributed by atoms with Crippen molar-refractivity contribution in [1.82, 2.24) is 9.80 Å². The minimum Gasteiger partial charge on any atom is -0.383 e. The third kappa shape index (κ3) is 6.49. The highest BCUT2D eigenvalue weighted by Crippen LogP contribution is 2.26. The summed E-state index contributed by atoms with van der Waals surface area (Å²) in [5.41, 5.74) is 0. The molecule has 1 atom stereocenters. The molecule has 2 aliphatic heterocycles. The van der Waals surface area contributed by atoms with Crippen LogP contribution in [0, 0.1) is 5.92 Å². The smallest absolute Gasteiger partial charge is 0.0931 e. The monoisotopic (exact) mass is 386 g/mol. The zero-order chi connectivity index (χ0) is 17.5. The summed E-state index contributed by atoms with van der Waals surface area (Å²) >= 11 is 7.83. The summed E-state index contributed by atoms with van der Waals surface area (Å²) in [6.07, 6.45) is 5.41. The van der Waals surface area contributed by atoms with E-state index in [4.69, 9.17) is 21.1 Å². The van der Waals surface area contributed by atoms with Crippen molar-refractivity contribution in [2.75, 3.05) is 53.0 Å². The van der Waals surface area contributed by atoms with Crippen LogP contribution in [-0.2, 0) is 16.0 Å². The average molecular weight is 387 g/mol. The minimum atomic E-state index is 0.414. The normalized spacial score (nSPS) is 22.9. The summed E-state index contributed by atoms with van der Waals surface area (Å²) in [7, 11) is 1.78. The molecule has 4 nitrogen and oxygen atoms in total. The lowest BCUT2D eigenvalue weighted by atomic mass is 9.96. The first-order valence-electron chi connectivity index (χ1n) is 9.52. The van der Waals surface area contributed by atoms with Crippen molar-refractivity contribution < 1.29 is 9.47 Å². The number of hydrogen-bond acceptors (Lipinski definition) is 5. The first kappa shape index (κ1) is 19.6. The predicted octanol–water partition coefficient (Wildman–Crippen LogP) is 3.74. The fourth-order valence-corrected chi connectivity index (χ4v) is 5.05. The number of halogens is 1. The minimum absolute atomic E-state index is 0.414. The van der Waals surface area contributed by atoms with Crippen LogP contribution < -0.4 is 0 Å². The number of ether oxygens (including phenoxy) is 2. The van der Waals surface area contributed by atoms with Gasteiger partial charge in [-0.05, 0) is 56.8 Å². The highest BCUT2D eigenvalue weighted by Gasteiger charge is 2.25. The molecule has 2 aliphatic rings. The van der Waals surface area contributed by atoms with Gasteiger partial charge in [0.15, 0.2) is 0 Å².